The Bertz CT molecular complexity index is 3680. The number of nitrogens with one attached hydrogen (secondary N) is 3. The lowest BCUT2D eigenvalue weighted by atomic mass is 9.70. The Labute approximate surface area is 552 Å². The number of piperidine rings is 9. The first-order chi connectivity index (χ1) is 45.1. The Morgan fingerprint density at radius 1 is 0.370 bits per heavy atom. The van der Waals surface area contributed by atoms with E-state index in [4.69, 9.17) is 27.6 Å². The molecule has 9 aliphatic heterocycles. The second-order valence-corrected chi connectivity index (χ2v) is 27.1. The van der Waals surface area contributed by atoms with E-state index < -0.39 is 11.7 Å². The minimum absolute atomic E-state index is 0.104. The minimum atomic E-state index is -4.35. The van der Waals surface area contributed by atoms with Crippen LogP contribution in [0.2, 0.25) is 10.0 Å². The quantitative estimate of drug-likeness (QED) is 0.0791. The van der Waals surface area contributed by atoms with Crippen LogP contribution in [0.1, 0.15) is 112 Å². The van der Waals surface area contributed by atoms with Crippen LogP contribution in [-0.2, 0) is 25.8 Å². The van der Waals surface area contributed by atoms with Gasteiger partial charge in [0.15, 0.2) is 0 Å². The average Bonchev–Trinajstić information content (AvgIpc) is 0.892. The van der Waals surface area contributed by atoms with E-state index in [1.54, 1.807) is 6.07 Å². The Kier molecular flexibility index (Phi) is 20.9. The van der Waals surface area contributed by atoms with Crippen LogP contribution < -0.4 is 16.0 Å². The molecule has 476 valence electrons. The van der Waals surface area contributed by atoms with Crippen LogP contribution in [0.3, 0.4) is 0 Å². The van der Waals surface area contributed by atoms with E-state index in [9.17, 15) is 13.2 Å². The lowest BCUT2D eigenvalue weighted by molar-refractivity contribution is -0.137. The maximum atomic E-state index is 13.6. The van der Waals surface area contributed by atoms with Gasteiger partial charge in [0.2, 0.25) is 0 Å². The lowest BCUT2D eigenvalue weighted by Crippen LogP contribution is -2.64. The van der Waals surface area contributed by atoms with Crippen molar-refractivity contribution in [3.8, 4) is 0 Å². The number of rotatable bonds is 18. The summed E-state index contributed by atoms with van der Waals surface area (Å²) in [4.78, 5) is 7.90. The molecule has 0 aliphatic carbocycles. The molecule has 0 spiro atoms. The number of hydrogen-bond acceptors (Lipinski definition) is 7. The van der Waals surface area contributed by atoms with Gasteiger partial charge in [0.25, 0.3) is 0 Å². The highest BCUT2D eigenvalue weighted by Gasteiger charge is 2.50. The van der Waals surface area contributed by atoms with E-state index in [-0.39, 0.29) is 29.8 Å². The second kappa shape index (κ2) is 30.1. The van der Waals surface area contributed by atoms with Crippen molar-refractivity contribution in [3.63, 3.8) is 0 Å². The van der Waals surface area contributed by atoms with Crippen molar-refractivity contribution in [1.82, 2.24) is 30.7 Å². The zero-order chi connectivity index (χ0) is 62.8. The van der Waals surface area contributed by atoms with E-state index in [1.807, 2.05) is 60.9 Å². The molecular weight excluding hydrogens is 1190 g/mol. The Hall–Kier alpha value is -6.83. The number of benzene rings is 8. The van der Waals surface area contributed by atoms with Crippen LogP contribution in [0.25, 0.3) is 0 Å². The summed E-state index contributed by atoms with van der Waals surface area (Å²) in [7, 11) is 0. The molecule has 7 nitrogen and oxygen atoms in total. The zero-order valence-electron chi connectivity index (χ0n) is 52.3. The molecule has 9 aliphatic rings. The third-order valence-corrected chi connectivity index (χ3v) is 21.7. The van der Waals surface area contributed by atoms with Crippen molar-refractivity contribution in [3.05, 3.63) is 309 Å². The number of hydrogen-bond donors (Lipinski definition) is 3. The largest absolute Gasteiger partial charge is 0.469 e. The van der Waals surface area contributed by atoms with Gasteiger partial charge in [-0.15, -0.1) is 0 Å². The smallest absolute Gasteiger partial charge is 0.416 e. The summed E-state index contributed by atoms with van der Waals surface area (Å²) in [6.45, 7) is 9.32. The summed E-state index contributed by atoms with van der Waals surface area (Å²) in [5.41, 5.74) is 9.07. The first kappa shape index (κ1) is 63.9. The minimum Gasteiger partial charge on any atom is -0.469 e. The lowest BCUT2D eigenvalue weighted by Gasteiger charge is -2.54. The molecule has 18 rings (SSSR count). The predicted molar refractivity (Wildman–Crippen MR) is 367 cm³/mol. The molecule has 9 aromatic rings. The van der Waals surface area contributed by atoms with E-state index in [2.05, 4.69) is 194 Å². The summed E-state index contributed by atoms with van der Waals surface area (Å²) in [5, 5.41) is 13.0. The van der Waals surface area contributed by atoms with Crippen molar-refractivity contribution < 1.29 is 17.6 Å². The van der Waals surface area contributed by atoms with E-state index in [1.165, 1.54) is 97.4 Å². The Morgan fingerprint density at radius 3 is 1.08 bits per heavy atom. The first-order valence-electron chi connectivity index (χ1n) is 33.5. The van der Waals surface area contributed by atoms with E-state index >= 15 is 0 Å². The Morgan fingerprint density at radius 2 is 0.717 bits per heavy atom. The fourth-order valence-corrected chi connectivity index (χ4v) is 16.9. The summed E-state index contributed by atoms with van der Waals surface area (Å²) in [6, 6.07) is 82.0. The number of alkyl halides is 3. The monoisotopic (exact) mass is 1270 g/mol. The van der Waals surface area contributed by atoms with Gasteiger partial charge < -0.3 is 20.4 Å². The van der Waals surface area contributed by atoms with Crippen LogP contribution in [0.4, 0.5) is 13.2 Å². The van der Waals surface area contributed by atoms with Gasteiger partial charge >= 0.3 is 6.18 Å². The van der Waals surface area contributed by atoms with Gasteiger partial charge in [0, 0.05) is 67.7 Å². The predicted octanol–water partition coefficient (Wildman–Crippen LogP) is 17.1. The molecule has 9 saturated heterocycles. The summed E-state index contributed by atoms with van der Waals surface area (Å²) < 4.78 is 46.7. The van der Waals surface area contributed by atoms with Gasteiger partial charge in [-0.25, -0.2) is 0 Å². The second-order valence-electron chi connectivity index (χ2n) is 26.2. The zero-order valence-corrected chi connectivity index (χ0v) is 53.8. The standard InChI is InChI=1S/C28H29F3N2.C27H28Cl2N2.C25H28N2O/c29-28(30,31)24-13-7-12-23(18-24)25(21-10-5-2-6-11-21)27-26(22-14-16-33(27)17-15-22)32-19-20-8-3-1-4-9-20;28-23-12-11-22(17-24(23)29)25(20-9-5-2-6-10-20)27-26(21-13-15-31(27)16-14-21)30-18-19-7-3-1-4-8-19;1-3-8-19(9-4-1)18-26-24-21-13-15-27(16-14-21)25(24)23(22-12-7-17-28-22)20-10-5-2-6-11-20/h1-13,18,22,25-27,32H,14-17,19H2;1-12,17,21,25-27,30H,13-16,18H2;1-12,17,21,23-26H,13-16,18H2. The van der Waals surface area contributed by atoms with Crippen molar-refractivity contribution in [2.75, 3.05) is 39.3 Å². The highest BCUT2D eigenvalue weighted by Crippen LogP contribution is 2.47. The molecule has 0 radical (unpaired) electrons. The highest BCUT2D eigenvalue weighted by molar-refractivity contribution is 6.42. The molecule has 0 saturated carbocycles. The van der Waals surface area contributed by atoms with E-state index in [0.29, 0.717) is 46.0 Å². The van der Waals surface area contributed by atoms with E-state index in [0.717, 1.165) is 68.4 Å². The highest BCUT2D eigenvalue weighted by atomic mass is 35.5. The van der Waals surface area contributed by atoms with Crippen LogP contribution in [-0.4, -0.2) is 90.2 Å². The third kappa shape index (κ3) is 14.9. The van der Waals surface area contributed by atoms with Crippen LogP contribution in [0, 0.1) is 17.8 Å². The number of halogens is 5. The topological polar surface area (TPSA) is 59.0 Å². The summed E-state index contributed by atoms with van der Waals surface area (Å²) in [5.74, 6) is 3.41. The summed E-state index contributed by atoms with van der Waals surface area (Å²) in [6.07, 6.45) is 4.85. The van der Waals surface area contributed by atoms with Crippen molar-refractivity contribution in [2.24, 2.45) is 17.8 Å². The first-order valence-corrected chi connectivity index (χ1v) is 34.2. The van der Waals surface area contributed by atoms with Gasteiger partial charge in [0.1, 0.15) is 5.76 Å². The van der Waals surface area contributed by atoms with Gasteiger partial charge in [-0.3, -0.25) is 14.7 Å². The van der Waals surface area contributed by atoms with Crippen LogP contribution in [0.5, 0.6) is 0 Å². The van der Waals surface area contributed by atoms with Crippen molar-refractivity contribution in [2.45, 2.75) is 118 Å². The molecule has 0 amide bonds. The molecule has 6 bridgehead atoms. The van der Waals surface area contributed by atoms with Gasteiger partial charge in [-0.05, 0) is 170 Å². The molecule has 10 heterocycles. The molecule has 9 unspecified atom stereocenters. The van der Waals surface area contributed by atoms with Crippen molar-refractivity contribution in [1.29, 1.82) is 0 Å². The SMILES string of the molecule is Clc1ccc(C(c2ccccc2)C2C(NCc3ccccc3)C3CCN2CC3)cc1Cl.FC(F)(F)c1cccc(C(c2ccccc2)C2C(NCc3ccccc3)C3CCN2CC3)c1.c1ccc(CNC2C3CCN(CC3)C2C(c2ccccc2)c2ccco2)cc1. The summed E-state index contributed by atoms with van der Waals surface area (Å²) >= 11 is 12.8. The number of fused-ring (bicyclic) bond motifs is 9. The normalized spacial score (nSPS) is 26.4. The number of furan rings is 1. The maximum absolute atomic E-state index is 13.6. The third-order valence-electron chi connectivity index (χ3n) is 21.0. The maximum Gasteiger partial charge on any atom is 0.416 e. The molecule has 1 aromatic heterocycles. The van der Waals surface area contributed by atoms with Crippen LogP contribution in [0.15, 0.2) is 247 Å². The number of nitrogens with zero attached hydrogens (tertiary/aromatic N) is 3. The molecule has 92 heavy (non-hydrogen) atoms. The van der Waals surface area contributed by atoms with Gasteiger partial charge in [-0.2, -0.15) is 13.2 Å². The fraction of sp³-hybridized carbons (Fsp3) is 0.350. The molecule has 12 heteroatoms. The van der Waals surface area contributed by atoms with Crippen LogP contribution >= 0.6 is 23.2 Å². The molecular formula is C80H85Cl2F3N6O. The molecule has 3 N–H and O–H groups in total. The van der Waals surface area contributed by atoms with Gasteiger partial charge in [-0.1, -0.05) is 229 Å². The fourth-order valence-electron chi connectivity index (χ4n) is 16.6. The molecule has 9 atom stereocenters. The van der Waals surface area contributed by atoms with Gasteiger partial charge in [0.05, 0.1) is 27.8 Å². The van der Waals surface area contributed by atoms with Crippen molar-refractivity contribution >= 4 is 23.2 Å². The Balaban J connectivity index is 0.000000126. The molecule has 9 fully saturated rings. The average molecular weight is 1270 g/mol. The molecule has 8 aromatic carbocycles.